The van der Waals surface area contributed by atoms with E-state index in [0.29, 0.717) is 0 Å². The topological polar surface area (TPSA) is 54.5 Å². The van der Waals surface area contributed by atoms with Crippen molar-refractivity contribution >= 4 is 10.8 Å². The SMILES string of the molecule is c1ccc2cnccc2c1.c1cn[nH]n1. The second-order valence-electron chi connectivity index (χ2n) is 2.88. The van der Waals surface area contributed by atoms with Gasteiger partial charge in [0.2, 0.25) is 0 Å². The molecule has 0 aliphatic carbocycles. The summed E-state index contributed by atoms with van der Waals surface area (Å²) in [7, 11) is 0. The van der Waals surface area contributed by atoms with Gasteiger partial charge in [0, 0.05) is 12.4 Å². The number of hydrogen-bond acceptors (Lipinski definition) is 3. The normalized spacial score (nSPS) is 9.33. The molecule has 0 unspecified atom stereocenters. The number of benzene rings is 1. The van der Waals surface area contributed by atoms with Crippen LogP contribution in [0.15, 0.2) is 55.1 Å². The molecule has 0 saturated heterocycles. The van der Waals surface area contributed by atoms with Gasteiger partial charge in [0.05, 0.1) is 12.4 Å². The van der Waals surface area contributed by atoms with Crippen LogP contribution in [-0.4, -0.2) is 20.4 Å². The van der Waals surface area contributed by atoms with Gasteiger partial charge in [0.15, 0.2) is 0 Å². The molecule has 0 bridgehead atoms. The number of aromatic amines is 1. The third kappa shape index (κ3) is 2.60. The lowest BCUT2D eigenvalue weighted by atomic mass is 10.2. The predicted molar refractivity (Wildman–Crippen MR) is 58.1 cm³/mol. The van der Waals surface area contributed by atoms with Crippen LogP contribution in [0.2, 0.25) is 0 Å². The number of aromatic nitrogens is 4. The highest BCUT2D eigenvalue weighted by Gasteiger charge is 1.86. The number of nitrogens with one attached hydrogen (secondary N) is 1. The molecule has 0 aliphatic heterocycles. The number of rotatable bonds is 0. The van der Waals surface area contributed by atoms with Crippen LogP contribution in [0.25, 0.3) is 10.8 Å². The molecule has 0 radical (unpaired) electrons. The third-order valence-electron chi connectivity index (χ3n) is 1.88. The summed E-state index contributed by atoms with van der Waals surface area (Å²) in [5.41, 5.74) is 0. The number of fused-ring (bicyclic) bond motifs is 1. The quantitative estimate of drug-likeness (QED) is 0.601. The standard InChI is InChI=1S/C9H7N.C2H3N3/c1-2-4-9-7-10-6-5-8(9)3-1;1-2-4-5-3-1/h1-7H;1-2H,(H,3,4,5). The van der Waals surface area contributed by atoms with Gasteiger partial charge in [0.25, 0.3) is 0 Å². The smallest absolute Gasteiger partial charge is 0.0690 e. The van der Waals surface area contributed by atoms with Crippen molar-refractivity contribution in [2.24, 2.45) is 0 Å². The van der Waals surface area contributed by atoms with Crippen molar-refractivity contribution < 1.29 is 0 Å². The summed E-state index contributed by atoms with van der Waals surface area (Å²) in [6, 6.07) is 10.2. The Bertz CT molecular complexity index is 422. The van der Waals surface area contributed by atoms with Gasteiger partial charge in [-0.2, -0.15) is 15.4 Å². The summed E-state index contributed by atoms with van der Waals surface area (Å²) in [6.45, 7) is 0. The van der Waals surface area contributed by atoms with Gasteiger partial charge in [-0.25, -0.2) is 0 Å². The Balaban J connectivity index is 0.000000144. The van der Waals surface area contributed by atoms with Gasteiger partial charge in [0.1, 0.15) is 0 Å². The van der Waals surface area contributed by atoms with E-state index < -0.39 is 0 Å². The molecule has 1 N–H and O–H groups in total. The molecule has 0 spiro atoms. The van der Waals surface area contributed by atoms with E-state index >= 15 is 0 Å². The van der Waals surface area contributed by atoms with Crippen molar-refractivity contribution in [2.75, 3.05) is 0 Å². The van der Waals surface area contributed by atoms with Gasteiger partial charge in [-0.05, 0) is 16.8 Å². The fraction of sp³-hybridized carbons (Fsp3) is 0. The molecule has 2 heterocycles. The molecule has 0 amide bonds. The molecule has 3 aromatic rings. The van der Waals surface area contributed by atoms with Crippen LogP contribution >= 0.6 is 0 Å². The van der Waals surface area contributed by atoms with Crippen LogP contribution in [0.5, 0.6) is 0 Å². The lowest BCUT2D eigenvalue weighted by molar-refractivity contribution is 0.940. The molecular weight excluding hydrogens is 188 g/mol. The van der Waals surface area contributed by atoms with Crippen molar-refractivity contribution in [2.45, 2.75) is 0 Å². The second kappa shape index (κ2) is 4.85. The molecule has 1 aromatic carbocycles. The summed E-state index contributed by atoms with van der Waals surface area (Å²) in [6.07, 6.45) is 6.84. The molecule has 0 fully saturated rings. The van der Waals surface area contributed by atoms with Crippen molar-refractivity contribution in [1.29, 1.82) is 0 Å². The van der Waals surface area contributed by atoms with Crippen LogP contribution in [-0.2, 0) is 0 Å². The molecule has 15 heavy (non-hydrogen) atoms. The zero-order valence-corrected chi connectivity index (χ0v) is 8.04. The second-order valence-corrected chi connectivity index (χ2v) is 2.88. The Kier molecular flexibility index (Phi) is 3.02. The minimum Gasteiger partial charge on any atom is -0.264 e. The minimum absolute atomic E-state index is 1.20. The average molecular weight is 198 g/mol. The van der Waals surface area contributed by atoms with E-state index in [1.807, 2.05) is 30.6 Å². The van der Waals surface area contributed by atoms with Gasteiger partial charge in [-0.3, -0.25) is 4.98 Å². The first-order chi connectivity index (χ1) is 7.47. The largest absolute Gasteiger partial charge is 0.264 e. The van der Waals surface area contributed by atoms with Crippen LogP contribution < -0.4 is 0 Å². The van der Waals surface area contributed by atoms with Crippen molar-refractivity contribution in [1.82, 2.24) is 20.4 Å². The number of nitrogens with zero attached hydrogens (tertiary/aromatic N) is 3. The molecule has 0 aliphatic rings. The highest BCUT2D eigenvalue weighted by molar-refractivity contribution is 5.80. The number of hydrogen-bond donors (Lipinski definition) is 1. The highest BCUT2D eigenvalue weighted by Crippen LogP contribution is 2.09. The summed E-state index contributed by atoms with van der Waals surface area (Å²) >= 11 is 0. The van der Waals surface area contributed by atoms with Crippen molar-refractivity contribution in [3.63, 3.8) is 0 Å². The first-order valence-electron chi connectivity index (χ1n) is 4.55. The fourth-order valence-corrected chi connectivity index (χ4v) is 1.19. The summed E-state index contributed by atoms with van der Waals surface area (Å²) in [4.78, 5) is 4.01. The minimum atomic E-state index is 1.20. The van der Waals surface area contributed by atoms with Gasteiger partial charge >= 0.3 is 0 Å². The van der Waals surface area contributed by atoms with Crippen LogP contribution in [0.3, 0.4) is 0 Å². The van der Waals surface area contributed by atoms with Gasteiger partial charge in [-0.15, -0.1) is 0 Å². The van der Waals surface area contributed by atoms with Crippen LogP contribution in [0.4, 0.5) is 0 Å². The van der Waals surface area contributed by atoms with E-state index in [9.17, 15) is 0 Å². The highest BCUT2D eigenvalue weighted by atomic mass is 15.3. The van der Waals surface area contributed by atoms with E-state index in [-0.39, 0.29) is 0 Å². The molecule has 3 rings (SSSR count). The fourth-order valence-electron chi connectivity index (χ4n) is 1.19. The molecule has 74 valence electrons. The predicted octanol–water partition coefficient (Wildman–Crippen LogP) is 2.04. The molecular formula is C11H10N4. The first kappa shape index (κ1) is 9.33. The number of pyridine rings is 1. The Labute approximate surface area is 87.0 Å². The lowest BCUT2D eigenvalue weighted by Gasteiger charge is -1.91. The van der Waals surface area contributed by atoms with Crippen LogP contribution in [0.1, 0.15) is 0 Å². The molecule has 4 nitrogen and oxygen atoms in total. The molecule has 0 atom stereocenters. The Hall–Kier alpha value is -2.23. The van der Waals surface area contributed by atoms with Crippen molar-refractivity contribution in [3.05, 3.63) is 55.1 Å². The molecule has 2 aromatic heterocycles. The summed E-state index contributed by atoms with van der Waals surface area (Å²) in [5, 5.41) is 11.8. The van der Waals surface area contributed by atoms with E-state index in [1.54, 1.807) is 12.4 Å². The van der Waals surface area contributed by atoms with Gasteiger partial charge in [-0.1, -0.05) is 24.3 Å². The van der Waals surface area contributed by atoms with Crippen LogP contribution in [0, 0.1) is 0 Å². The van der Waals surface area contributed by atoms with E-state index in [1.165, 1.54) is 10.8 Å². The summed E-state index contributed by atoms with van der Waals surface area (Å²) < 4.78 is 0. The maximum Gasteiger partial charge on any atom is 0.0690 e. The maximum absolute atomic E-state index is 4.01. The summed E-state index contributed by atoms with van der Waals surface area (Å²) in [5.74, 6) is 0. The number of H-pyrrole nitrogens is 1. The molecule has 4 heteroatoms. The monoisotopic (exact) mass is 198 g/mol. The van der Waals surface area contributed by atoms with Gasteiger partial charge < -0.3 is 0 Å². The zero-order valence-electron chi connectivity index (χ0n) is 8.04. The lowest BCUT2D eigenvalue weighted by Crippen LogP contribution is -1.71. The third-order valence-corrected chi connectivity index (χ3v) is 1.88. The Morgan fingerprint density at radius 1 is 0.800 bits per heavy atom. The zero-order chi connectivity index (χ0) is 10.3. The maximum atomic E-state index is 4.01. The average Bonchev–Trinajstić information content (AvgIpc) is 2.88. The first-order valence-corrected chi connectivity index (χ1v) is 4.55. The van der Waals surface area contributed by atoms with E-state index in [2.05, 4.69) is 32.5 Å². The van der Waals surface area contributed by atoms with Crippen molar-refractivity contribution in [3.8, 4) is 0 Å². The van der Waals surface area contributed by atoms with E-state index in [4.69, 9.17) is 0 Å². The van der Waals surface area contributed by atoms with E-state index in [0.717, 1.165) is 0 Å². The Morgan fingerprint density at radius 3 is 2.13 bits per heavy atom. The Morgan fingerprint density at radius 2 is 1.53 bits per heavy atom. The molecule has 0 saturated carbocycles.